The molecule has 1 rings (SSSR count). The van der Waals surface area contributed by atoms with Crippen molar-refractivity contribution < 1.29 is 4.79 Å². The molecule has 0 fully saturated rings. The Morgan fingerprint density at radius 1 is 0.950 bits per heavy atom. The van der Waals surface area contributed by atoms with Crippen LogP contribution in [0, 0.1) is 5.92 Å². The lowest BCUT2D eigenvalue weighted by molar-refractivity contribution is -0.122. The molecule has 0 unspecified atom stereocenters. The van der Waals surface area contributed by atoms with Crippen molar-refractivity contribution in [2.24, 2.45) is 5.92 Å². The van der Waals surface area contributed by atoms with Crippen LogP contribution >= 0.6 is 0 Å². The third kappa shape index (κ3) is 4.34. The maximum Gasteiger partial charge on any atom is 0.236 e. The molecule has 2 atom stereocenters. The monoisotopic (exact) mass is 276 g/mol. The Hall–Kier alpha value is -1.35. The normalized spacial score (nSPS) is 14.4. The molecule has 0 radical (unpaired) electrons. The van der Waals surface area contributed by atoms with Gasteiger partial charge in [0.15, 0.2) is 0 Å². The highest BCUT2D eigenvalue weighted by Crippen LogP contribution is 2.24. The van der Waals surface area contributed by atoms with Crippen molar-refractivity contribution in [2.75, 3.05) is 7.05 Å². The van der Waals surface area contributed by atoms with Gasteiger partial charge in [0.25, 0.3) is 0 Å². The molecule has 0 aromatic heterocycles. The van der Waals surface area contributed by atoms with Gasteiger partial charge in [-0.25, -0.2) is 0 Å². The first-order chi connectivity index (χ1) is 9.36. The van der Waals surface area contributed by atoms with Gasteiger partial charge in [0, 0.05) is 13.1 Å². The van der Waals surface area contributed by atoms with Crippen LogP contribution in [0.5, 0.6) is 0 Å². The van der Waals surface area contributed by atoms with Crippen LogP contribution in [0.15, 0.2) is 24.3 Å². The highest BCUT2D eigenvalue weighted by molar-refractivity contribution is 5.81. The quantitative estimate of drug-likeness (QED) is 0.837. The summed E-state index contributed by atoms with van der Waals surface area (Å²) in [5.41, 5.74) is 2.58. The Kier molecular flexibility index (Phi) is 6.21. The fourth-order valence-corrected chi connectivity index (χ4v) is 2.32. The second-order valence-corrected chi connectivity index (χ2v) is 6.05. The van der Waals surface area contributed by atoms with Crippen molar-refractivity contribution >= 4 is 5.91 Å². The van der Waals surface area contributed by atoms with Crippen LogP contribution in [0.2, 0.25) is 0 Å². The van der Waals surface area contributed by atoms with Gasteiger partial charge in [-0.3, -0.25) is 10.1 Å². The maximum absolute atomic E-state index is 11.7. The summed E-state index contributed by atoms with van der Waals surface area (Å²) in [4.78, 5) is 11.7. The van der Waals surface area contributed by atoms with Gasteiger partial charge < -0.3 is 5.32 Å². The lowest BCUT2D eigenvalue weighted by atomic mass is 9.93. The lowest BCUT2D eigenvalue weighted by Gasteiger charge is -2.26. The molecule has 0 heterocycles. The van der Waals surface area contributed by atoms with E-state index in [0.29, 0.717) is 11.8 Å². The topological polar surface area (TPSA) is 41.1 Å². The van der Waals surface area contributed by atoms with Crippen LogP contribution in [0.3, 0.4) is 0 Å². The van der Waals surface area contributed by atoms with Gasteiger partial charge in [0.2, 0.25) is 5.91 Å². The Balaban J connectivity index is 2.88. The molecule has 0 bridgehead atoms. The van der Waals surface area contributed by atoms with Gasteiger partial charge in [-0.1, -0.05) is 52.0 Å². The molecule has 1 amide bonds. The van der Waals surface area contributed by atoms with Crippen LogP contribution in [-0.2, 0) is 4.79 Å². The molecular formula is C17H28N2O. The molecule has 3 nitrogen and oxygen atoms in total. The predicted octanol–water partition coefficient (Wildman–Crippen LogP) is 3.23. The molecule has 3 heteroatoms. The summed E-state index contributed by atoms with van der Waals surface area (Å²) >= 11 is 0. The van der Waals surface area contributed by atoms with Crippen molar-refractivity contribution in [1.29, 1.82) is 0 Å². The van der Waals surface area contributed by atoms with Crippen molar-refractivity contribution in [3.8, 4) is 0 Å². The first-order valence-corrected chi connectivity index (χ1v) is 7.44. The summed E-state index contributed by atoms with van der Waals surface area (Å²) in [6.07, 6.45) is 0. The number of rotatable bonds is 6. The van der Waals surface area contributed by atoms with Gasteiger partial charge in [0.05, 0.1) is 6.04 Å². The van der Waals surface area contributed by atoms with Gasteiger partial charge in [-0.05, 0) is 29.9 Å². The van der Waals surface area contributed by atoms with Crippen LogP contribution in [0.1, 0.15) is 57.7 Å². The van der Waals surface area contributed by atoms with Gasteiger partial charge in [-0.2, -0.15) is 0 Å². The molecule has 0 spiro atoms. The molecule has 0 aliphatic carbocycles. The molecule has 0 saturated heterocycles. The first-order valence-electron chi connectivity index (χ1n) is 7.44. The minimum Gasteiger partial charge on any atom is -0.358 e. The molecule has 0 aliphatic rings. The number of hydrogen-bond acceptors (Lipinski definition) is 2. The van der Waals surface area contributed by atoms with E-state index in [1.165, 1.54) is 11.1 Å². The zero-order valence-corrected chi connectivity index (χ0v) is 13.5. The maximum atomic E-state index is 11.7. The fraction of sp³-hybridized carbons (Fsp3) is 0.588. The number of nitrogens with one attached hydrogen (secondary N) is 2. The summed E-state index contributed by atoms with van der Waals surface area (Å²) in [7, 11) is 1.67. The van der Waals surface area contributed by atoms with E-state index in [2.05, 4.69) is 62.6 Å². The van der Waals surface area contributed by atoms with E-state index in [1.54, 1.807) is 7.05 Å². The zero-order chi connectivity index (χ0) is 15.3. The highest BCUT2D eigenvalue weighted by atomic mass is 16.2. The number of likely N-dealkylation sites (N-methyl/N-ethyl adjacent to an activating group) is 1. The second-order valence-electron chi connectivity index (χ2n) is 6.05. The SMILES string of the molecule is CNC(=O)[C@H](C)N[C@@H](c1ccc(C(C)C)cc1)C(C)C. The zero-order valence-electron chi connectivity index (χ0n) is 13.5. The van der Waals surface area contributed by atoms with Crippen molar-refractivity contribution in [1.82, 2.24) is 10.6 Å². The van der Waals surface area contributed by atoms with E-state index in [-0.39, 0.29) is 18.0 Å². The van der Waals surface area contributed by atoms with Crippen LogP contribution < -0.4 is 10.6 Å². The lowest BCUT2D eigenvalue weighted by Crippen LogP contribution is -2.43. The number of hydrogen-bond donors (Lipinski definition) is 2. The number of benzene rings is 1. The number of amides is 1. The van der Waals surface area contributed by atoms with E-state index in [4.69, 9.17) is 0 Å². The van der Waals surface area contributed by atoms with E-state index in [1.807, 2.05) is 6.92 Å². The smallest absolute Gasteiger partial charge is 0.236 e. The third-order valence-electron chi connectivity index (χ3n) is 3.70. The molecular weight excluding hydrogens is 248 g/mol. The van der Waals surface area contributed by atoms with Gasteiger partial charge >= 0.3 is 0 Å². The van der Waals surface area contributed by atoms with Crippen LogP contribution in [0.25, 0.3) is 0 Å². The van der Waals surface area contributed by atoms with E-state index in [0.717, 1.165) is 0 Å². The molecule has 1 aromatic carbocycles. The number of carbonyl (C=O) groups is 1. The van der Waals surface area contributed by atoms with Crippen LogP contribution in [0.4, 0.5) is 0 Å². The molecule has 2 N–H and O–H groups in total. The molecule has 0 aliphatic heterocycles. The predicted molar refractivity (Wildman–Crippen MR) is 84.8 cm³/mol. The Bertz CT molecular complexity index is 423. The first kappa shape index (κ1) is 16.7. The number of carbonyl (C=O) groups excluding carboxylic acids is 1. The molecule has 112 valence electrons. The summed E-state index contributed by atoms with van der Waals surface area (Å²) in [6, 6.07) is 8.69. The largest absolute Gasteiger partial charge is 0.358 e. The van der Waals surface area contributed by atoms with Crippen molar-refractivity contribution in [3.05, 3.63) is 35.4 Å². The van der Waals surface area contributed by atoms with E-state index < -0.39 is 0 Å². The highest BCUT2D eigenvalue weighted by Gasteiger charge is 2.21. The summed E-state index contributed by atoms with van der Waals surface area (Å²) in [6.45, 7) is 10.6. The van der Waals surface area contributed by atoms with Crippen molar-refractivity contribution in [2.45, 2.75) is 52.6 Å². The summed E-state index contributed by atoms with van der Waals surface area (Å²) < 4.78 is 0. The summed E-state index contributed by atoms with van der Waals surface area (Å²) in [5.74, 6) is 0.987. The molecule has 0 saturated carbocycles. The molecule has 20 heavy (non-hydrogen) atoms. The van der Waals surface area contributed by atoms with E-state index >= 15 is 0 Å². The average Bonchev–Trinajstić information content (AvgIpc) is 2.43. The Morgan fingerprint density at radius 3 is 1.85 bits per heavy atom. The van der Waals surface area contributed by atoms with Gasteiger partial charge in [0.1, 0.15) is 0 Å². The van der Waals surface area contributed by atoms with Crippen LogP contribution in [-0.4, -0.2) is 19.0 Å². The fourth-order valence-electron chi connectivity index (χ4n) is 2.32. The Labute approximate surface area is 123 Å². The minimum absolute atomic E-state index is 0.0226. The van der Waals surface area contributed by atoms with E-state index in [9.17, 15) is 4.79 Å². The van der Waals surface area contributed by atoms with Crippen molar-refractivity contribution in [3.63, 3.8) is 0 Å². The minimum atomic E-state index is -0.197. The average molecular weight is 276 g/mol. The molecule has 1 aromatic rings. The summed E-state index contributed by atoms with van der Waals surface area (Å²) in [5, 5.41) is 6.10. The standard InChI is InChI=1S/C17H28N2O/c1-11(2)14-7-9-15(10-8-14)16(12(3)4)19-13(5)17(20)18-6/h7-13,16,19H,1-6H3,(H,18,20)/t13-,16+/m0/s1. The van der Waals surface area contributed by atoms with Gasteiger partial charge in [-0.15, -0.1) is 0 Å². The third-order valence-corrected chi connectivity index (χ3v) is 3.70. The Morgan fingerprint density at radius 2 is 1.45 bits per heavy atom. The second kappa shape index (κ2) is 7.44.